The fourth-order valence-corrected chi connectivity index (χ4v) is 3.40. The van der Waals surface area contributed by atoms with E-state index >= 15 is 0 Å². The van der Waals surface area contributed by atoms with E-state index in [4.69, 9.17) is 23.2 Å². The zero-order valence-electron chi connectivity index (χ0n) is 12.5. The molecule has 3 aromatic rings. The molecule has 4 rings (SSSR count). The zero-order valence-corrected chi connectivity index (χ0v) is 14.8. The highest BCUT2D eigenvalue weighted by Gasteiger charge is 2.07. The summed E-state index contributed by atoms with van der Waals surface area (Å²) in [4.78, 5) is 22.7. The Kier molecular flexibility index (Phi) is 3.95. The molecule has 0 saturated carbocycles. The van der Waals surface area contributed by atoms with E-state index < -0.39 is 0 Å². The summed E-state index contributed by atoms with van der Waals surface area (Å²) >= 11 is 13.0. The molecule has 0 unspecified atom stereocenters. The molecule has 2 aromatic carbocycles. The molecule has 1 aliphatic heterocycles. The number of nitrogens with zero attached hydrogens (tertiary/aromatic N) is 2. The van der Waals surface area contributed by atoms with Crippen LogP contribution in [0.15, 0.2) is 51.2 Å². The van der Waals surface area contributed by atoms with Gasteiger partial charge in [0.1, 0.15) is 0 Å². The van der Waals surface area contributed by atoms with Crippen LogP contribution >= 0.6 is 34.5 Å². The SMILES string of the molecule is O=c1[nH]c(O)c(C=c2ccc(=C3N=c4cc(Cl)c(Cl)cc4=N3)cc2)s1. The summed E-state index contributed by atoms with van der Waals surface area (Å²) in [5.41, 5.74) is 0. The lowest BCUT2D eigenvalue weighted by molar-refractivity contribution is 0.455. The largest absolute Gasteiger partial charge is 0.493 e. The second kappa shape index (κ2) is 6.15. The van der Waals surface area contributed by atoms with Crippen molar-refractivity contribution in [3.8, 4) is 5.88 Å². The number of aromatic nitrogens is 1. The molecule has 0 atom stereocenters. The quantitative estimate of drug-likeness (QED) is 0.657. The first-order valence-electron chi connectivity index (χ1n) is 7.16. The Balaban J connectivity index is 1.81. The molecule has 2 N–H and O–H groups in total. The van der Waals surface area contributed by atoms with Crippen molar-refractivity contribution in [3.05, 3.63) is 82.1 Å². The third kappa shape index (κ3) is 3.11. The predicted octanol–water partition coefficient (Wildman–Crippen LogP) is 1.30. The number of hydrogen-bond donors (Lipinski definition) is 2. The number of nitrogens with one attached hydrogen (secondary N) is 1. The highest BCUT2D eigenvalue weighted by molar-refractivity contribution is 7.10. The molecule has 8 heteroatoms. The lowest BCUT2D eigenvalue weighted by atomic mass is 10.2. The Labute approximate surface area is 154 Å². The Bertz CT molecular complexity index is 1240. The van der Waals surface area contributed by atoms with Gasteiger partial charge in [-0.1, -0.05) is 58.8 Å². The first-order chi connectivity index (χ1) is 12.0. The molecule has 0 bridgehead atoms. The topological polar surface area (TPSA) is 77.8 Å². The summed E-state index contributed by atoms with van der Waals surface area (Å²) in [6.45, 7) is 0. The minimum Gasteiger partial charge on any atom is -0.493 e. The summed E-state index contributed by atoms with van der Waals surface area (Å²) in [6, 6.07) is 10.8. The fourth-order valence-electron chi connectivity index (χ4n) is 2.40. The molecular weight excluding hydrogens is 381 g/mol. The number of H-pyrrole nitrogens is 1. The maximum atomic E-state index is 11.2. The molecule has 0 aliphatic carbocycles. The maximum Gasteiger partial charge on any atom is 0.307 e. The van der Waals surface area contributed by atoms with Crippen molar-refractivity contribution in [3.63, 3.8) is 0 Å². The Morgan fingerprint density at radius 2 is 1.64 bits per heavy atom. The third-order valence-electron chi connectivity index (χ3n) is 3.59. The summed E-state index contributed by atoms with van der Waals surface area (Å²) in [7, 11) is 0. The van der Waals surface area contributed by atoms with Gasteiger partial charge in [0.15, 0.2) is 5.82 Å². The average Bonchev–Trinajstić information content (AvgIpc) is 3.11. The van der Waals surface area contributed by atoms with E-state index in [2.05, 4.69) is 15.0 Å². The Hall–Kier alpha value is -2.41. The smallest absolute Gasteiger partial charge is 0.307 e. The van der Waals surface area contributed by atoms with Gasteiger partial charge in [-0.15, -0.1) is 0 Å². The van der Waals surface area contributed by atoms with Gasteiger partial charge in [-0.3, -0.25) is 9.78 Å². The van der Waals surface area contributed by atoms with E-state index in [0.29, 0.717) is 31.5 Å². The van der Waals surface area contributed by atoms with Crippen molar-refractivity contribution < 1.29 is 5.11 Å². The lowest BCUT2D eigenvalue weighted by Crippen LogP contribution is -2.20. The van der Waals surface area contributed by atoms with Gasteiger partial charge in [0.25, 0.3) is 0 Å². The zero-order chi connectivity index (χ0) is 17.6. The van der Waals surface area contributed by atoms with Crippen molar-refractivity contribution in [2.45, 2.75) is 0 Å². The van der Waals surface area contributed by atoms with E-state index in [9.17, 15) is 9.90 Å². The average molecular weight is 390 g/mol. The molecule has 1 aromatic heterocycles. The third-order valence-corrected chi connectivity index (χ3v) is 5.13. The van der Waals surface area contributed by atoms with Crippen molar-refractivity contribution in [1.29, 1.82) is 0 Å². The van der Waals surface area contributed by atoms with E-state index in [1.165, 1.54) is 0 Å². The first-order valence-corrected chi connectivity index (χ1v) is 8.73. The minimum absolute atomic E-state index is 0.126. The number of aromatic hydroxyl groups is 1. The van der Waals surface area contributed by atoms with E-state index in [-0.39, 0.29) is 10.8 Å². The molecule has 5 nitrogen and oxygen atoms in total. The van der Waals surface area contributed by atoms with Crippen LogP contribution in [0.1, 0.15) is 4.88 Å². The summed E-state index contributed by atoms with van der Waals surface area (Å²) in [5, 5.41) is 13.6. The number of benzene rings is 2. The normalized spacial score (nSPS) is 12.5. The highest BCUT2D eigenvalue weighted by Crippen LogP contribution is 2.18. The van der Waals surface area contributed by atoms with Crippen LogP contribution in [-0.2, 0) is 0 Å². The molecule has 0 radical (unpaired) electrons. The number of hydrogen-bond acceptors (Lipinski definition) is 5. The predicted molar refractivity (Wildman–Crippen MR) is 98.0 cm³/mol. The number of fused-ring (bicyclic) bond motifs is 1. The Morgan fingerprint density at radius 1 is 1.04 bits per heavy atom. The standard InChI is InChI=1S/C17H9Cl2N3O2S/c18-10-6-12-13(7-11(10)19)21-15(20-12)9-3-1-8(2-4-9)5-14-16(23)22-17(24)25-14/h1-7,23H,(H,22,24). The molecule has 0 saturated heterocycles. The maximum absolute atomic E-state index is 11.2. The Morgan fingerprint density at radius 3 is 2.16 bits per heavy atom. The van der Waals surface area contributed by atoms with Crippen LogP contribution in [0.3, 0.4) is 0 Å². The van der Waals surface area contributed by atoms with Gasteiger partial charge < -0.3 is 5.11 Å². The lowest BCUT2D eigenvalue weighted by Gasteiger charge is -1.91. The second-order valence-electron chi connectivity index (χ2n) is 5.30. The summed E-state index contributed by atoms with van der Waals surface area (Å²) in [6.07, 6.45) is 1.73. The summed E-state index contributed by atoms with van der Waals surface area (Å²) in [5.74, 6) is 0.451. The molecule has 25 heavy (non-hydrogen) atoms. The molecule has 2 heterocycles. The number of halogens is 2. The fraction of sp³-hybridized carbons (Fsp3) is 0. The van der Waals surface area contributed by atoms with Gasteiger partial charge in [0.2, 0.25) is 5.88 Å². The van der Waals surface area contributed by atoms with Crippen LogP contribution in [0, 0.1) is 0 Å². The molecule has 1 aliphatic rings. The van der Waals surface area contributed by atoms with Crippen molar-refractivity contribution >= 4 is 46.4 Å². The van der Waals surface area contributed by atoms with Crippen LogP contribution in [0.5, 0.6) is 5.88 Å². The summed E-state index contributed by atoms with van der Waals surface area (Å²) < 4.78 is 0. The van der Waals surface area contributed by atoms with Crippen LogP contribution in [0.4, 0.5) is 0 Å². The number of thiazole rings is 1. The molecular formula is C17H9Cl2N3O2S. The van der Waals surface area contributed by atoms with Gasteiger partial charge in [-0.05, 0) is 23.4 Å². The van der Waals surface area contributed by atoms with Crippen molar-refractivity contribution in [2.24, 2.45) is 9.98 Å². The van der Waals surface area contributed by atoms with Crippen LogP contribution in [0.2, 0.25) is 10.0 Å². The van der Waals surface area contributed by atoms with Gasteiger partial charge in [0, 0.05) is 5.22 Å². The molecule has 0 amide bonds. The molecule has 0 fully saturated rings. The molecule has 124 valence electrons. The van der Waals surface area contributed by atoms with Crippen LogP contribution < -0.4 is 26.0 Å². The van der Waals surface area contributed by atoms with Gasteiger partial charge >= 0.3 is 4.87 Å². The van der Waals surface area contributed by atoms with Crippen molar-refractivity contribution in [1.82, 2.24) is 4.98 Å². The van der Waals surface area contributed by atoms with Gasteiger partial charge in [0.05, 0.1) is 25.6 Å². The van der Waals surface area contributed by atoms with E-state index in [1.54, 1.807) is 18.2 Å². The van der Waals surface area contributed by atoms with E-state index in [1.807, 2.05) is 24.3 Å². The first kappa shape index (κ1) is 16.1. The van der Waals surface area contributed by atoms with Gasteiger partial charge in [-0.2, -0.15) is 0 Å². The molecule has 0 spiro atoms. The number of rotatable bonds is 1. The number of aromatic amines is 1. The highest BCUT2D eigenvalue weighted by atomic mass is 35.5. The van der Waals surface area contributed by atoms with Gasteiger partial charge in [-0.25, -0.2) is 9.98 Å². The second-order valence-corrected chi connectivity index (χ2v) is 7.13. The van der Waals surface area contributed by atoms with Crippen LogP contribution in [-0.4, -0.2) is 10.1 Å². The van der Waals surface area contributed by atoms with Crippen molar-refractivity contribution in [2.75, 3.05) is 0 Å². The van der Waals surface area contributed by atoms with E-state index in [0.717, 1.165) is 21.8 Å². The monoisotopic (exact) mass is 389 g/mol. The minimum atomic E-state index is -0.297. The van der Waals surface area contributed by atoms with Crippen LogP contribution in [0.25, 0.3) is 11.9 Å².